The van der Waals surface area contributed by atoms with Crippen molar-refractivity contribution in [3.63, 3.8) is 0 Å². The zero-order valence-corrected chi connectivity index (χ0v) is 10.4. The highest BCUT2D eigenvalue weighted by Gasteiger charge is 2.66. The molecule has 0 amide bonds. The topological polar surface area (TPSA) is 55.8 Å². The molecule has 3 rings (SSSR count). The number of hydrogen-bond donors (Lipinski definition) is 1. The molecule has 0 spiro atoms. The summed E-state index contributed by atoms with van der Waals surface area (Å²) in [6, 6.07) is 7.38. The molecule has 1 aromatic rings. The molecule has 2 aliphatic rings. The van der Waals surface area contributed by atoms with E-state index < -0.39 is 16.8 Å². The lowest BCUT2D eigenvalue weighted by molar-refractivity contribution is -0.236. The average molecular weight is 269 g/mol. The van der Waals surface area contributed by atoms with Crippen LogP contribution in [0.15, 0.2) is 24.3 Å². The third kappa shape index (κ3) is 1.31. The first kappa shape index (κ1) is 12.0. The van der Waals surface area contributed by atoms with Crippen molar-refractivity contribution in [2.75, 3.05) is 26.4 Å². The third-order valence-electron chi connectivity index (χ3n) is 4.11. The molecule has 1 N–H and O–H groups in total. The molecule has 1 aromatic carbocycles. The normalized spacial score (nSPS) is 23.8. The van der Waals surface area contributed by atoms with Gasteiger partial charge in [-0.15, -0.1) is 0 Å². The largest absolute Gasteiger partial charge is 0.481 e. The van der Waals surface area contributed by atoms with Gasteiger partial charge in [-0.25, -0.2) is 0 Å². The van der Waals surface area contributed by atoms with Gasteiger partial charge < -0.3 is 14.6 Å². The van der Waals surface area contributed by atoms with Gasteiger partial charge in [-0.1, -0.05) is 29.8 Å². The molecule has 0 saturated carbocycles. The average Bonchev–Trinajstić information content (AvgIpc) is 2.21. The fourth-order valence-electron chi connectivity index (χ4n) is 2.76. The van der Waals surface area contributed by atoms with Crippen LogP contribution in [0.4, 0.5) is 0 Å². The summed E-state index contributed by atoms with van der Waals surface area (Å²) < 4.78 is 10.5. The molecular weight excluding hydrogens is 256 g/mol. The van der Waals surface area contributed by atoms with Gasteiger partial charge >= 0.3 is 5.97 Å². The van der Waals surface area contributed by atoms with Crippen molar-refractivity contribution in [3.05, 3.63) is 34.9 Å². The lowest BCUT2D eigenvalue weighted by Crippen LogP contribution is -2.70. The van der Waals surface area contributed by atoms with Crippen LogP contribution in [0.5, 0.6) is 0 Å². The Morgan fingerprint density at radius 3 is 2.17 bits per heavy atom. The lowest BCUT2D eigenvalue weighted by Gasteiger charge is -2.56. The number of aliphatic carboxylic acids is 1. The molecule has 0 atom stereocenters. The molecule has 18 heavy (non-hydrogen) atoms. The van der Waals surface area contributed by atoms with E-state index in [1.54, 1.807) is 6.07 Å². The summed E-state index contributed by atoms with van der Waals surface area (Å²) in [5.74, 6) is -0.836. The summed E-state index contributed by atoms with van der Waals surface area (Å²) >= 11 is 6.22. The summed E-state index contributed by atoms with van der Waals surface area (Å²) in [5.41, 5.74) is -0.616. The molecule has 2 saturated heterocycles. The maximum atomic E-state index is 11.6. The fourth-order valence-corrected chi connectivity index (χ4v) is 3.07. The molecule has 0 aliphatic carbocycles. The summed E-state index contributed by atoms with van der Waals surface area (Å²) in [7, 11) is 0. The van der Waals surface area contributed by atoms with E-state index in [0.29, 0.717) is 18.2 Å². The van der Waals surface area contributed by atoms with Crippen LogP contribution in [0.2, 0.25) is 5.02 Å². The van der Waals surface area contributed by atoms with Crippen LogP contribution in [0.3, 0.4) is 0 Å². The monoisotopic (exact) mass is 268 g/mol. The van der Waals surface area contributed by atoms with Crippen LogP contribution < -0.4 is 0 Å². The lowest BCUT2D eigenvalue weighted by atomic mass is 9.57. The number of benzene rings is 1. The first-order valence-electron chi connectivity index (χ1n) is 5.76. The Morgan fingerprint density at radius 1 is 1.17 bits per heavy atom. The van der Waals surface area contributed by atoms with Crippen LogP contribution >= 0.6 is 11.6 Å². The number of carboxylic acids is 1. The van der Waals surface area contributed by atoms with Crippen LogP contribution in [-0.2, 0) is 19.7 Å². The number of ether oxygens (including phenoxy) is 2. The molecule has 0 bridgehead atoms. The third-order valence-corrected chi connectivity index (χ3v) is 4.44. The first-order chi connectivity index (χ1) is 8.62. The Hall–Kier alpha value is -1.10. The van der Waals surface area contributed by atoms with E-state index in [1.165, 1.54) is 0 Å². The van der Waals surface area contributed by atoms with Gasteiger partial charge in [0.2, 0.25) is 0 Å². The number of halogens is 1. The van der Waals surface area contributed by atoms with Crippen LogP contribution in [-0.4, -0.2) is 37.5 Å². The van der Waals surface area contributed by atoms with Gasteiger partial charge in [-0.3, -0.25) is 4.79 Å². The highest BCUT2D eigenvalue weighted by molar-refractivity contribution is 6.31. The second kappa shape index (κ2) is 3.95. The van der Waals surface area contributed by atoms with E-state index in [9.17, 15) is 9.90 Å². The minimum Gasteiger partial charge on any atom is -0.481 e. The van der Waals surface area contributed by atoms with Crippen molar-refractivity contribution in [3.8, 4) is 0 Å². The minimum atomic E-state index is -0.907. The van der Waals surface area contributed by atoms with E-state index in [1.807, 2.05) is 18.2 Å². The SMILES string of the molecule is O=C(O)C1(C2(c3ccccc3Cl)COC2)COC1. The van der Waals surface area contributed by atoms with Crippen LogP contribution in [0.1, 0.15) is 5.56 Å². The number of hydrogen-bond acceptors (Lipinski definition) is 3. The van der Waals surface area contributed by atoms with E-state index in [-0.39, 0.29) is 13.2 Å². The zero-order chi connectivity index (χ0) is 12.8. The van der Waals surface area contributed by atoms with Gasteiger partial charge in [-0.05, 0) is 11.6 Å². The van der Waals surface area contributed by atoms with Gasteiger partial charge in [0.25, 0.3) is 0 Å². The molecule has 2 fully saturated rings. The van der Waals surface area contributed by atoms with Crippen LogP contribution in [0, 0.1) is 5.41 Å². The number of carboxylic acid groups (broad SMARTS) is 1. The quantitative estimate of drug-likeness (QED) is 0.907. The molecule has 4 nitrogen and oxygen atoms in total. The predicted octanol–water partition coefficient (Wildman–Crippen LogP) is 1.71. The van der Waals surface area contributed by atoms with E-state index in [0.717, 1.165) is 5.56 Å². The summed E-state index contributed by atoms with van der Waals surface area (Å²) in [6.45, 7) is 1.20. The molecule has 2 aliphatic heterocycles. The first-order valence-corrected chi connectivity index (χ1v) is 6.14. The van der Waals surface area contributed by atoms with Crippen molar-refractivity contribution in [2.24, 2.45) is 5.41 Å². The summed E-state index contributed by atoms with van der Waals surface area (Å²) in [5, 5.41) is 10.1. The summed E-state index contributed by atoms with van der Waals surface area (Å²) in [6.07, 6.45) is 0. The smallest absolute Gasteiger partial charge is 0.315 e. The van der Waals surface area contributed by atoms with E-state index >= 15 is 0 Å². The molecule has 96 valence electrons. The van der Waals surface area contributed by atoms with Gasteiger partial charge in [-0.2, -0.15) is 0 Å². The summed E-state index contributed by atoms with van der Waals surface area (Å²) in [4.78, 5) is 11.6. The molecular formula is C13H13ClO4. The van der Waals surface area contributed by atoms with Crippen LogP contribution in [0.25, 0.3) is 0 Å². The van der Waals surface area contributed by atoms with Gasteiger partial charge in [0.15, 0.2) is 0 Å². The highest BCUT2D eigenvalue weighted by atomic mass is 35.5. The second-order valence-electron chi connectivity index (χ2n) is 4.93. The predicted molar refractivity (Wildman–Crippen MR) is 64.8 cm³/mol. The molecule has 0 aromatic heterocycles. The second-order valence-corrected chi connectivity index (χ2v) is 5.34. The van der Waals surface area contributed by atoms with E-state index in [4.69, 9.17) is 21.1 Å². The van der Waals surface area contributed by atoms with Crippen molar-refractivity contribution in [1.29, 1.82) is 0 Å². The number of rotatable bonds is 3. The fraction of sp³-hybridized carbons (Fsp3) is 0.462. The molecule has 0 radical (unpaired) electrons. The number of carbonyl (C=O) groups is 1. The van der Waals surface area contributed by atoms with Gasteiger partial charge in [0.05, 0.1) is 31.8 Å². The Kier molecular flexibility index (Phi) is 2.62. The van der Waals surface area contributed by atoms with E-state index in [2.05, 4.69) is 0 Å². The Balaban J connectivity index is 2.11. The Bertz CT molecular complexity index is 492. The van der Waals surface area contributed by atoms with Gasteiger partial charge in [0, 0.05) is 5.02 Å². The van der Waals surface area contributed by atoms with Crippen molar-refractivity contribution in [2.45, 2.75) is 5.41 Å². The van der Waals surface area contributed by atoms with Crippen molar-refractivity contribution >= 4 is 17.6 Å². The zero-order valence-electron chi connectivity index (χ0n) is 9.69. The Morgan fingerprint density at radius 2 is 1.78 bits per heavy atom. The molecule has 0 unspecified atom stereocenters. The molecule has 2 heterocycles. The highest BCUT2D eigenvalue weighted by Crippen LogP contribution is 2.53. The molecule has 5 heteroatoms. The van der Waals surface area contributed by atoms with Gasteiger partial charge in [0.1, 0.15) is 5.41 Å². The maximum Gasteiger partial charge on any atom is 0.315 e. The standard InChI is InChI=1S/C13H13ClO4/c14-10-4-2-1-3-9(10)12(5-17-6-12)13(11(15)16)7-18-8-13/h1-4H,5-8H2,(H,15,16). The minimum absolute atomic E-state index is 0.219. The van der Waals surface area contributed by atoms with Crippen molar-refractivity contribution < 1.29 is 19.4 Å². The van der Waals surface area contributed by atoms with Crippen molar-refractivity contribution in [1.82, 2.24) is 0 Å². The maximum absolute atomic E-state index is 11.6. The Labute approximate surface area is 109 Å².